The molecule has 0 spiro atoms. The molecule has 1 aliphatic rings. The van der Waals surface area contributed by atoms with Crippen molar-refractivity contribution in [3.05, 3.63) is 64.3 Å². The zero-order valence-electron chi connectivity index (χ0n) is 15.5. The van der Waals surface area contributed by atoms with Gasteiger partial charge in [0, 0.05) is 22.8 Å². The summed E-state index contributed by atoms with van der Waals surface area (Å²) in [6, 6.07) is 12.6. The Hall–Kier alpha value is -2.79. The number of nitrogens with one attached hydrogen (secondary N) is 1. The molecule has 1 N–H and O–H groups in total. The van der Waals surface area contributed by atoms with Crippen LogP contribution in [0.3, 0.4) is 0 Å². The summed E-state index contributed by atoms with van der Waals surface area (Å²) in [7, 11) is 1.54. The number of hydrogen-bond donors (Lipinski definition) is 1. The van der Waals surface area contributed by atoms with E-state index in [1.54, 1.807) is 18.2 Å². The molecule has 0 atom stereocenters. The van der Waals surface area contributed by atoms with Crippen molar-refractivity contribution >= 4 is 34.7 Å². The number of para-hydroxylation sites is 1. The summed E-state index contributed by atoms with van der Waals surface area (Å²) < 4.78 is 5.40. The lowest BCUT2D eigenvalue weighted by Gasteiger charge is -2.14. The number of ether oxygens (including phenoxy) is 1. The average Bonchev–Trinajstić information content (AvgIpc) is 2.89. The number of carbonyl (C=O) groups excluding carboxylic acids is 2. The van der Waals surface area contributed by atoms with Gasteiger partial charge in [-0.25, -0.2) is 0 Å². The summed E-state index contributed by atoms with van der Waals surface area (Å²) in [5.74, 6) is -0.139. The summed E-state index contributed by atoms with van der Waals surface area (Å²) >= 11 is 6.21. The molecule has 0 unspecified atom stereocenters. The minimum Gasteiger partial charge on any atom is -0.496 e. The van der Waals surface area contributed by atoms with Crippen molar-refractivity contribution in [3.8, 4) is 5.75 Å². The van der Waals surface area contributed by atoms with Gasteiger partial charge in [-0.3, -0.25) is 14.5 Å². The fourth-order valence-corrected chi connectivity index (χ4v) is 3.22. The van der Waals surface area contributed by atoms with Crippen molar-refractivity contribution in [2.75, 3.05) is 19.0 Å². The van der Waals surface area contributed by atoms with Gasteiger partial charge in [-0.1, -0.05) is 42.8 Å². The Morgan fingerprint density at radius 3 is 2.52 bits per heavy atom. The third-order valence-corrected chi connectivity index (χ3v) is 4.84. The van der Waals surface area contributed by atoms with Crippen LogP contribution in [0, 0.1) is 6.92 Å². The molecule has 27 heavy (non-hydrogen) atoms. The molecular formula is C21H21ClN2O3. The third-order valence-electron chi connectivity index (χ3n) is 4.43. The van der Waals surface area contributed by atoms with Gasteiger partial charge in [0.15, 0.2) is 0 Å². The zero-order valence-corrected chi connectivity index (χ0v) is 16.3. The number of amides is 2. The van der Waals surface area contributed by atoms with Crippen LogP contribution in [0.4, 0.5) is 5.69 Å². The predicted octanol–water partition coefficient (Wildman–Crippen LogP) is 4.26. The molecule has 0 saturated heterocycles. The molecule has 140 valence electrons. The lowest BCUT2D eigenvalue weighted by Crippen LogP contribution is -2.33. The first-order valence-corrected chi connectivity index (χ1v) is 9.12. The summed E-state index contributed by atoms with van der Waals surface area (Å²) in [5, 5.41) is 3.69. The monoisotopic (exact) mass is 384 g/mol. The second-order valence-electron chi connectivity index (χ2n) is 6.30. The van der Waals surface area contributed by atoms with Gasteiger partial charge in [-0.2, -0.15) is 0 Å². The third kappa shape index (κ3) is 3.55. The quantitative estimate of drug-likeness (QED) is 0.756. The van der Waals surface area contributed by atoms with Crippen molar-refractivity contribution in [3.63, 3.8) is 0 Å². The maximum absolute atomic E-state index is 13.0. The molecule has 3 rings (SSSR count). The molecule has 2 aromatic rings. The van der Waals surface area contributed by atoms with E-state index in [9.17, 15) is 9.59 Å². The van der Waals surface area contributed by atoms with E-state index < -0.39 is 0 Å². The number of nitrogens with zero attached hydrogens (tertiary/aromatic N) is 1. The average molecular weight is 385 g/mol. The summed E-state index contributed by atoms with van der Waals surface area (Å²) in [6.07, 6.45) is 0.681. The Labute approximate surface area is 163 Å². The first-order valence-electron chi connectivity index (χ1n) is 8.75. The maximum atomic E-state index is 13.0. The van der Waals surface area contributed by atoms with Crippen LogP contribution in [0.1, 0.15) is 24.5 Å². The number of rotatable bonds is 6. The minimum atomic E-state index is -0.348. The molecule has 0 aliphatic carbocycles. The largest absolute Gasteiger partial charge is 0.496 e. The lowest BCUT2D eigenvalue weighted by molar-refractivity contribution is -0.136. The molecule has 2 amide bonds. The molecule has 0 saturated carbocycles. The summed E-state index contributed by atoms with van der Waals surface area (Å²) in [5.41, 5.74) is 2.70. The highest BCUT2D eigenvalue weighted by Crippen LogP contribution is 2.35. The number of benzene rings is 2. The highest BCUT2D eigenvalue weighted by molar-refractivity contribution is 6.37. The van der Waals surface area contributed by atoms with Crippen LogP contribution in [-0.4, -0.2) is 30.4 Å². The Balaban J connectivity index is 2.12. The molecule has 0 radical (unpaired) electrons. The smallest absolute Gasteiger partial charge is 0.278 e. The number of anilines is 1. The van der Waals surface area contributed by atoms with Gasteiger partial charge in [-0.15, -0.1) is 0 Å². The van der Waals surface area contributed by atoms with Gasteiger partial charge in [0.1, 0.15) is 11.4 Å². The van der Waals surface area contributed by atoms with Crippen molar-refractivity contribution < 1.29 is 14.3 Å². The van der Waals surface area contributed by atoms with Crippen molar-refractivity contribution in [1.29, 1.82) is 0 Å². The molecule has 5 nitrogen and oxygen atoms in total. The van der Waals surface area contributed by atoms with Gasteiger partial charge in [0.2, 0.25) is 0 Å². The first-order chi connectivity index (χ1) is 13.0. The Morgan fingerprint density at radius 1 is 1.11 bits per heavy atom. The van der Waals surface area contributed by atoms with Gasteiger partial charge in [0.05, 0.1) is 12.7 Å². The summed E-state index contributed by atoms with van der Waals surface area (Å²) in [4.78, 5) is 27.2. The molecule has 0 aromatic heterocycles. The SMILES string of the molecule is CCCN1C(=O)C(Nc2ccc(C)c(Cl)c2)=C(c2ccccc2OC)C1=O. The van der Waals surface area contributed by atoms with Crippen LogP contribution in [0.25, 0.3) is 5.57 Å². The van der Waals surface area contributed by atoms with Crippen LogP contribution in [0.15, 0.2) is 48.2 Å². The second kappa shape index (κ2) is 7.84. The molecule has 0 bridgehead atoms. The molecule has 6 heteroatoms. The molecule has 2 aromatic carbocycles. The number of carbonyl (C=O) groups is 2. The Kier molecular flexibility index (Phi) is 5.51. The lowest BCUT2D eigenvalue weighted by atomic mass is 10.0. The number of hydrogen-bond acceptors (Lipinski definition) is 4. The predicted molar refractivity (Wildman–Crippen MR) is 107 cm³/mol. The van der Waals surface area contributed by atoms with Crippen LogP contribution in [0.2, 0.25) is 5.02 Å². The van der Waals surface area contributed by atoms with E-state index in [0.29, 0.717) is 40.6 Å². The summed E-state index contributed by atoms with van der Waals surface area (Å²) in [6.45, 7) is 4.18. The standard InChI is InChI=1S/C21H21ClN2O3/c1-4-11-24-20(25)18(15-7-5-6-8-17(15)27-3)19(21(24)26)23-14-10-9-13(2)16(22)12-14/h5-10,12,23H,4,11H2,1-3H3. The minimum absolute atomic E-state index is 0.234. The van der Waals surface area contributed by atoms with Gasteiger partial charge >= 0.3 is 0 Å². The molecule has 1 aliphatic heterocycles. The van der Waals surface area contributed by atoms with Crippen LogP contribution >= 0.6 is 11.6 Å². The van der Waals surface area contributed by atoms with Crippen molar-refractivity contribution in [2.45, 2.75) is 20.3 Å². The van der Waals surface area contributed by atoms with Gasteiger partial charge in [0.25, 0.3) is 11.8 Å². The van der Waals surface area contributed by atoms with Crippen LogP contribution in [-0.2, 0) is 9.59 Å². The molecule has 1 heterocycles. The van der Waals surface area contributed by atoms with E-state index in [0.717, 1.165) is 5.56 Å². The Morgan fingerprint density at radius 2 is 1.85 bits per heavy atom. The topological polar surface area (TPSA) is 58.6 Å². The Bertz CT molecular complexity index is 937. The normalized spacial score (nSPS) is 14.1. The first kappa shape index (κ1) is 19.0. The maximum Gasteiger partial charge on any atom is 0.278 e. The fourth-order valence-electron chi connectivity index (χ4n) is 3.03. The van der Waals surface area contributed by atoms with E-state index in [-0.39, 0.29) is 17.5 Å². The van der Waals surface area contributed by atoms with E-state index in [4.69, 9.17) is 16.3 Å². The fraction of sp³-hybridized carbons (Fsp3) is 0.238. The van der Waals surface area contributed by atoms with Crippen molar-refractivity contribution in [1.82, 2.24) is 4.90 Å². The number of methoxy groups -OCH3 is 1. The van der Waals surface area contributed by atoms with E-state index in [1.165, 1.54) is 12.0 Å². The highest BCUT2D eigenvalue weighted by atomic mass is 35.5. The number of aryl methyl sites for hydroxylation is 1. The second-order valence-corrected chi connectivity index (χ2v) is 6.71. The van der Waals surface area contributed by atoms with Crippen molar-refractivity contribution in [2.24, 2.45) is 0 Å². The van der Waals surface area contributed by atoms with Crippen LogP contribution < -0.4 is 10.1 Å². The van der Waals surface area contributed by atoms with Gasteiger partial charge < -0.3 is 10.1 Å². The van der Waals surface area contributed by atoms with E-state index >= 15 is 0 Å². The van der Waals surface area contributed by atoms with Gasteiger partial charge in [-0.05, 0) is 37.1 Å². The molecular weight excluding hydrogens is 364 g/mol. The number of halogens is 1. The number of imide groups is 1. The zero-order chi connectivity index (χ0) is 19.6. The highest BCUT2D eigenvalue weighted by Gasteiger charge is 2.39. The van der Waals surface area contributed by atoms with Crippen LogP contribution in [0.5, 0.6) is 5.75 Å². The van der Waals surface area contributed by atoms with E-state index in [1.807, 2.05) is 38.1 Å². The molecule has 0 fully saturated rings. The van der Waals surface area contributed by atoms with E-state index in [2.05, 4.69) is 5.32 Å².